The van der Waals surface area contributed by atoms with Crippen LogP contribution < -0.4 is 15.4 Å². The van der Waals surface area contributed by atoms with Gasteiger partial charge >= 0.3 is 0 Å². The van der Waals surface area contributed by atoms with Crippen LogP contribution in [0.5, 0.6) is 5.75 Å². The zero-order valence-electron chi connectivity index (χ0n) is 17.2. The molecule has 3 aromatic carbocycles. The van der Waals surface area contributed by atoms with E-state index in [2.05, 4.69) is 31.1 Å². The van der Waals surface area contributed by atoms with Gasteiger partial charge in [-0.1, -0.05) is 30.3 Å². The fourth-order valence-electron chi connectivity index (χ4n) is 3.46. The molecule has 0 saturated carbocycles. The zero-order chi connectivity index (χ0) is 21.9. The Kier molecular flexibility index (Phi) is 5.04. The molecular formula is C23H19N7O2. The van der Waals surface area contributed by atoms with Gasteiger partial charge in [-0.2, -0.15) is 4.52 Å². The van der Waals surface area contributed by atoms with Crippen LogP contribution in [0.15, 0.2) is 72.8 Å². The zero-order valence-corrected chi connectivity index (χ0v) is 17.2. The van der Waals surface area contributed by atoms with Gasteiger partial charge in [-0.25, -0.2) is 4.98 Å². The van der Waals surface area contributed by atoms with E-state index < -0.39 is 0 Å². The van der Waals surface area contributed by atoms with Gasteiger partial charge in [-0.15, -0.1) is 5.10 Å². The molecule has 5 rings (SSSR count). The molecule has 0 fully saturated rings. The number of benzene rings is 3. The van der Waals surface area contributed by atoms with E-state index in [9.17, 15) is 4.79 Å². The minimum Gasteiger partial charge on any atom is -0.496 e. The van der Waals surface area contributed by atoms with Gasteiger partial charge in [0.1, 0.15) is 5.75 Å². The third-order valence-electron chi connectivity index (χ3n) is 5.07. The van der Waals surface area contributed by atoms with E-state index in [4.69, 9.17) is 4.74 Å². The van der Waals surface area contributed by atoms with E-state index in [1.54, 1.807) is 23.8 Å². The van der Waals surface area contributed by atoms with Crippen LogP contribution in [0.1, 0.15) is 15.9 Å². The fraction of sp³-hybridized carbons (Fsp3) is 0.0870. The number of tetrazole rings is 1. The Bertz CT molecular complexity index is 1410. The summed E-state index contributed by atoms with van der Waals surface area (Å²) in [4.78, 5) is 17.2. The molecule has 32 heavy (non-hydrogen) atoms. The lowest BCUT2D eigenvalue weighted by Crippen LogP contribution is -2.23. The quantitative estimate of drug-likeness (QED) is 0.430. The average molecular weight is 425 g/mol. The summed E-state index contributed by atoms with van der Waals surface area (Å²) in [6, 6.07) is 22.4. The van der Waals surface area contributed by atoms with Crippen LogP contribution in [-0.2, 0) is 6.54 Å². The molecule has 158 valence electrons. The first-order valence-corrected chi connectivity index (χ1v) is 9.97. The molecule has 0 radical (unpaired) electrons. The van der Waals surface area contributed by atoms with Crippen LogP contribution in [0, 0.1) is 0 Å². The largest absolute Gasteiger partial charge is 0.496 e. The van der Waals surface area contributed by atoms with Crippen molar-refractivity contribution in [3.8, 4) is 5.75 Å². The van der Waals surface area contributed by atoms with Gasteiger partial charge in [0.05, 0.1) is 18.1 Å². The number of ether oxygens (including phenoxy) is 1. The minimum atomic E-state index is -0.171. The second-order valence-electron chi connectivity index (χ2n) is 7.06. The number of amides is 1. The summed E-state index contributed by atoms with van der Waals surface area (Å²) < 4.78 is 6.97. The number of fused-ring (bicyclic) bond motifs is 3. The van der Waals surface area contributed by atoms with Crippen LogP contribution in [-0.4, -0.2) is 38.0 Å². The molecule has 2 heterocycles. The SMILES string of the molecule is COc1ccccc1CNC(=O)c1ccc(Nc2nc3ccccc3n3nnnc23)cc1. The molecule has 2 aromatic heterocycles. The molecule has 9 nitrogen and oxygen atoms in total. The van der Waals surface area contributed by atoms with Crippen molar-refractivity contribution >= 4 is 34.1 Å². The van der Waals surface area contributed by atoms with Crippen molar-refractivity contribution in [2.45, 2.75) is 6.54 Å². The summed E-state index contributed by atoms with van der Waals surface area (Å²) in [6.07, 6.45) is 0. The molecule has 2 N–H and O–H groups in total. The smallest absolute Gasteiger partial charge is 0.251 e. The lowest BCUT2D eigenvalue weighted by molar-refractivity contribution is 0.0950. The summed E-state index contributed by atoms with van der Waals surface area (Å²) in [6.45, 7) is 0.377. The van der Waals surface area contributed by atoms with Crippen LogP contribution in [0.25, 0.3) is 16.7 Å². The molecule has 5 aromatic rings. The highest BCUT2D eigenvalue weighted by Crippen LogP contribution is 2.23. The lowest BCUT2D eigenvalue weighted by Gasteiger charge is -2.11. The molecular weight excluding hydrogens is 406 g/mol. The average Bonchev–Trinajstić information content (AvgIpc) is 3.34. The first-order valence-electron chi connectivity index (χ1n) is 9.97. The molecule has 1 amide bonds. The van der Waals surface area contributed by atoms with Crippen molar-refractivity contribution in [1.82, 2.24) is 30.3 Å². The first-order chi connectivity index (χ1) is 15.7. The molecule has 0 aliphatic rings. The molecule has 0 spiro atoms. The molecule has 0 bridgehead atoms. The van der Waals surface area contributed by atoms with Gasteiger partial charge in [-0.3, -0.25) is 4.79 Å². The number of aromatic nitrogens is 5. The van der Waals surface area contributed by atoms with E-state index in [0.29, 0.717) is 23.6 Å². The van der Waals surface area contributed by atoms with E-state index >= 15 is 0 Å². The molecule has 0 atom stereocenters. The highest BCUT2D eigenvalue weighted by Gasteiger charge is 2.12. The molecule has 0 aliphatic heterocycles. The van der Waals surface area contributed by atoms with E-state index in [1.165, 1.54) is 0 Å². The van der Waals surface area contributed by atoms with Crippen molar-refractivity contribution in [3.05, 3.63) is 83.9 Å². The number of nitrogens with zero attached hydrogens (tertiary/aromatic N) is 5. The second-order valence-corrected chi connectivity index (χ2v) is 7.06. The van der Waals surface area contributed by atoms with Crippen molar-refractivity contribution in [1.29, 1.82) is 0 Å². The Balaban J connectivity index is 1.33. The Hall–Kier alpha value is -4.53. The van der Waals surface area contributed by atoms with Crippen molar-refractivity contribution < 1.29 is 9.53 Å². The highest BCUT2D eigenvalue weighted by molar-refractivity contribution is 5.94. The number of rotatable bonds is 6. The third kappa shape index (κ3) is 3.67. The maximum atomic E-state index is 12.6. The Morgan fingerprint density at radius 1 is 1.00 bits per heavy atom. The van der Waals surface area contributed by atoms with E-state index in [0.717, 1.165) is 28.0 Å². The summed E-state index contributed by atoms with van der Waals surface area (Å²) in [5.74, 6) is 1.10. The van der Waals surface area contributed by atoms with Gasteiger partial charge in [-0.05, 0) is 52.9 Å². The van der Waals surface area contributed by atoms with Crippen LogP contribution in [0.4, 0.5) is 11.5 Å². The van der Waals surface area contributed by atoms with Gasteiger partial charge in [0.25, 0.3) is 5.91 Å². The first kappa shape index (κ1) is 19.4. The van der Waals surface area contributed by atoms with E-state index in [-0.39, 0.29) is 5.91 Å². The van der Waals surface area contributed by atoms with Crippen LogP contribution in [0.2, 0.25) is 0 Å². The van der Waals surface area contributed by atoms with E-state index in [1.807, 2.05) is 60.7 Å². The standard InChI is InChI=1S/C23H19N7O2/c1-32-20-9-5-2-6-16(20)14-24-23(31)15-10-12-17(13-11-15)25-21-22-27-28-29-30(22)19-8-4-3-7-18(19)26-21/h2-13H,14H2,1H3,(H,24,31)(H,25,26). The molecule has 0 unspecified atom stereocenters. The van der Waals surface area contributed by atoms with Crippen LogP contribution in [0.3, 0.4) is 0 Å². The maximum Gasteiger partial charge on any atom is 0.251 e. The van der Waals surface area contributed by atoms with Crippen LogP contribution >= 0.6 is 0 Å². The molecule has 0 saturated heterocycles. The monoisotopic (exact) mass is 425 g/mol. The normalized spacial score (nSPS) is 10.9. The van der Waals surface area contributed by atoms with Gasteiger partial charge in [0, 0.05) is 23.4 Å². The number of hydrogen-bond acceptors (Lipinski definition) is 7. The minimum absolute atomic E-state index is 0.171. The van der Waals surface area contributed by atoms with Crippen molar-refractivity contribution in [2.24, 2.45) is 0 Å². The lowest BCUT2D eigenvalue weighted by atomic mass is 10.1. The number of hydrogen-bond donors (Lipinski definition) is 2. The Morgan fingerprint density at radius 2 is 1.78 bits per heavy atom. The number of para-hydroxylation sites is 3. The fourth-order valence-corrected chi connectivity index (χ4v) is 3.46. The predicted molar refractivity (Wildman–Crippen MR) is 120 cm³/mol. The summed E-state index contributed by atoms with van der Waals surface area (Å²) >= 11 is 0. The number of anilines is 2. The molecule has 0 aliphatic carbocycles. The number of methoxy groups -OCH3 is 1. The number of nitrogens with one attached hydrogen (secondary N) is 2. The van der Waals surface area contributed by atoms with Gasteiger partial charge in [0.2, 0.25) is 5.65 Å². The number of carbonyl (C=O) groups excluding carboxylic acids is 1. The summed E-state index contributed by atoms with van der Waals surface area (Å²) in [5, 5.41) is 18.1. The van der Waals surface area contributed by atoms with Gasteiger partial charge < -0.3 is 15.4 Å². The third-order valence-corrected chi connectivity index (χ3v) is 5.07. The molecule has 9 heteroatoms. The van der Waals surface area contributed by atoms with Gasteiger partial charge in [0.15, 0.2) is 5.82 Å². The van der Waals surface area contributed by atoms with Crippen molar-refractivity contribution in [3.63, 3.8) is 0 Å². The second kappa shape index (κ2) is 8.31. The van der Waals surface area contributed by atoms with Crippen molar-refractivity contribution in [2.75, 3.05) is 12.4 Å². The summed E-state index contributed by atoms with van der Waals surface area (Å²) in [7, 11) is 1.61. The summed E-state index contributed by atoms with van der Waals surface area (Å²) in [5.41, 5.74) is 4.32. The highest BCUT2D eigenvalue weighted by atomic mass is 16.5. The Morgan fingerprint density at radius 3 is 2.62 bits per heavy atom. The number of carbonyl (C=O) groups is 1. The maximum absolute atomic E-state index is 12.6. The topological polar surface area (TPSA) is 106 Å². The predicted octanol–water partition coefficient (Wildman–Crippen LogP) is 3.35. The Labute approximate surface area is 183 Å².